The number of nitrogens with zero attached hydrogens (tertiary/aromatic N) is 3. The number of carbonyl (C=O) groups excluding carboxylic acids is 1. The molecular weight excluding hydrogens is 238 g/mol. The fourth-order valence-corrected chi connectivity index (χ4v) is 2.11. The summed E-state index contributed by atoms with van der Waals surface area (Å²) in [6.45, 7) is 11.8. The Morgan fingerprint density at radius 1 is 1.11 bits per heavy atom. The predicted octanol–water partition coefficient (Wildman–Crippen LogP) is 2.45. The third-order valence-corrected chi connectivity index (χ3v) is 3.41. The lowest BCUT2D eigenvalue weighted by Gasteiger charge is -2.24. The van der Waals surface area contributed by atoms with Gasteiger partial charge < -0.3 is 9.80 Å². The SMILES string of the molecule is CCN(CC)CCCN(CC)c1ccc(C=O)cn1. The Kier molecular flexibility index (Phi) is 7.11. The lowest BCUT2D eigenvalue weighted by molar-refractivity contribution is 0.112. The number of hydrogen-bond donors (Lipinski definition) is 0. The van der Waals surface area contributed by atoms with Crippen LogP contribution in [-0.2, 0) is 0 Å². The van der Waals surface area contributed by atoms with Crippen molar-refractivity contribution in [3.63, 3.8) is 0 Å². The largest absolute Gasteiger partial charge is 0.357 e. The fraction of sp³-hybridized carbons (Fsp3) is 0.600. The molecule has 0 radical (unpaired) electrons. The monoisotopic (exact) mass is 263 g/mol. The second-order valence-electron chi connectivity index (χ2n) is 4.53. The van der Waals surface area contributed by atoms with Gasteiger partial charge >= 0.3 is 0 Å². The van der Waals surface area contributed by atoms with Gasteiger partial charge in [0, 0.05) is 24.8 Å². The topological polar surface area (TPSA) is 36.4 Å². The molecule has 0 saturated carbocycles. The molecule has 0 N–H and O–H groups in total. The van der Waals surface area contributed by atoms with E-state index >= 15 is 0 Å². The lowest BCUT2D eigenvalue weighted by atomic mass is 10.3. The molecule has 0 aliphatic heterocycles. The van der Waals surface area contributed by atoms with E-state index in [1.807, 2.05) is 12.1 Å². The smallest absolute Gasteiger partial charge is 0.151 e. The van der Waals surface area contributed by atoms with Gasteiger partial charge in [-0.3, -0.25) is 4.79 Å². The van der Waals surface area contributed by atoms with Crippen LogP contribution in [0.25, 0.3) is 0 Å². The highest BCUT2D eigenvalue weighted by Crippen LogP contribution is 2.11. The van der Waals surface area contributed by atoms with E-state index in [9.17, 15) is 4.79 Å². The summed E-state index contributed by atoms with van der Waals surface area (Å²) in [7, 11) is 0. The predicted molar refractivity (Wildman–Crippen MR) is 79.9 cm³/mol. The number of aromatic nitrogens is 1. The van der Waals surface area contributed by atoms with Gasteiger partial charge in [-0.05, 0) is 45.1 Å². The maximum Gasteiger partial charge on any atom is 0.151 e. The Hall–Kier alpha value is -1.42. The summed E-state index contributed by atoms with van der Waals surface area (Å²) < 4.78 is 0. The van der Waals surface area contributed by atoms with Crippen molar-refractivity contribution in [1.29, 1.82) is 0 Å². The molecule has 1 rings (SSSR count). The molecular formula is C15H25N3O. The Morgan fingerprint density at radius 3 is 2.32 bits per heavy atom. The first-order chi connectivity index (χ1) is 9.24. The van der Waals surface area contributed by atoms with Crippen LogP contribution in [0.4, 0.5) is 5.82 Å². The average molecular weight is 263 g/mol. The molecule has 0 aromatic carbocycles. The normalized spacial score (nSPS) is 10.7. The number of rotatable bonds is 9. The third-order valence-electron chi connectivity index (χ3n) is 3.41. The van der Waals surface area contributed by atoms with E-state index < -0.39 is 0 Å². The molecule has 1 heterocycles. The minimum absolute atomic E-state index is 0.628. The van der Waals surface area contributed by atoms with Crippen molar-refractivity contribution in [2.75, 3.05) is 37.6 Å². The van der Waals surface area contributed by atoms with E-state index in [1.165, 1.54) is 0 Å². The Bertz CT molecular complexity index is 360. The van der Waals surface area contributed by atoms with Crippen molar-refractivity contribution in [2.45, 2.75) is 27.2 Å². The number of anilines is 1. The van der Waals surface area contributed by atoms with Crippen LogP contribution in [0.1, 0.15) is 37.6 Å². The highest BCUT2D eigenvalue weighted by atomic mass is 16.1. The minimum atomic E-state index is 0.628. The van der Waals surface area contributed by atoms with Crippen LogP contribution in [-0.4, -0.2) is 48.9 Å². The first-order valence-corrected chi connectivity index (χ1v) is 7.13. The van der Waals surface area contributed by atoms with Gasteiger partial charge in [0.15, 0.2) is 6.29 Å². The molecule has 1 aromatic rings. The van der Waals surface area contributed by atoms with Crippen LogP contribution in [0, 0.1) is 0 Å². The molecule has 0 aliphatic carbocycles. The summed E-state index contributed by atoms with van der Waals surface area (Å²) in [5.41, 5.74) is 0.628. The number of carbonyl (C=O) groups is 1. The molecule has 0 spiro atoms. The van der Waals surface area contributed by atoms with Gasteiger partial charge in [-0.25, -0.2) is 4.98 Å². The van der Waals surface area contributed by atoms with E-state index in [0.717, 1.165) is 51.2 Å². The molecule has 0 atom stereocenters. The van der Waals surface area contributed by atoms with Crippen molar-refractivity contribution in [3.05, 3.63) is 23.9 Å². The van der Waals surface area contributed by atoms with Gasteiger partial charge in [-0.1, -0.05) is 13.8 Å². The van der Waals surface area contributed by atoms with Crippen LogP contribution in [0.3, 0.4) is 0 Å². The second-order valence-corrected chi connectivity index (χ2v) is 4.53. The summed E-state index contributed by atoms with van der Waals surface area (Å²) in [5, 5.41) is 0. The molecule has 4 nitrogen and oxygen atoms in total. The molecule has 0 bridgehead atoms. The minimum Gasteiger partial charge on any atom is -0.357 e. The maximum atomic E-state index is 10.6. The van der Waals surface area contributed by atoms with Crippen LogP contribution < -0.4 is 4.90 Å². The second kappa shape index (κ2) is 8.64. The van der Waals surface area contributed by atoms with Crippen molar-refractivity contribution < 1.29 is 4.79 Å². The molecule has 0 unspecified atom stereocenters. The number of hydrogen-bond acceptors (Lipinski definition) is 4. The molecule has 106 valence electrons. The molecule has 4 heteroatoms. The average Bonchev–Trinajstić information content (AvgIpc) is 2.48. The standard InChI is InChI=1S/C15H25N3O/c1-4-17(5-2)10-7-11-18(6-3)15-9-8-14(13-19)12-16-15/h8-9,12-13H,4-7,10-11H2,1-3H3. The summed E-state index contributed by atoms with van der Waals surface area (Å²) >= 11 is 0. The van der Waals surface area contributed by atoms with Crippen LogP contribution >= 0.6 is 0 Å². The molecule has 0 fully saturated rings. The van der Waals surface area contributed by atoms with E-state index in [1.54, 1.807) is 6.20 Å². The summed E-state index contributed by atoms with van der Waals surface area (Å²) in [6.07, 6.45) is 3.59. The summed E-state index contributed by atoms with van der Waals surface area (Å²) in [6, 6.07) is 3.74. The molecule has 19 heavy (non-hydrogen) atoms. The molecule has 1 aromatic heterocycles. The Morgan fingerprint density at radius 2 is 1.84 bits per heavy atom. The fourth-order valence-electron chi connectivity index (χ4n) is 2.11. The Labute approximate surface area is 116 Å². The Balaban J connectivity index is 2.50. The molecule has 0 saturated heterocycles. The highest BCUT2D eigenvalue weighted by Gasteiger charge is 2.06. The van der Waals surface area contributed by atoms with E-state index in [0.29, 0.717) is 5.56 Å². The van der Waals surface area contributed by atoms with Gasteiger partial charge in [0.2, 0.25) is 0 Å². The van der Waals surface area contributed by atoms with E-state index in [-0.39, 0.29) is 0 Å². The van der Waals surface area contributed by atoms with Gasteiger partial charge in [-0.2, -0.15) is 0 Å². The number of pyridine rings is 1. The van der Waals surface area contributed by atoms with E-state index in [4.69, 9.17) is 0 Å². The third kappa shape index (κ3) is 4.99. The van der Waals surface area contributed by atoms with Gasteiger partial charge in [0.1, 0.15) is 5.82 Å². The van der Waals surface area contributed by atoms with Crippen molar-refractivity contribution in [1.82, 2.24) is 9.88 Å². The quantitative estimate of drug-likeness (QED) is 0.641. The van der Waals surface area contributed by atoms with Crippen molar-refractivity contribution >= 4 is 12.1 Å². The first kappa shape index (κ1) is 15.6. The zero-order chi connectivity index (χ0) is 14.1. The van der Waals surface area contributed by atoms with Crippen molar-refractivity contribution in [3.8, 4) is 0 Å². The van der Waals surface area contributed by atoms with Gasteiger partial charge in [0.05, 0.1) is 0 Å². The zero-order valence-corrected chi connectivity index (χ0v) is 12.3. The van der Waals surface area contributed by atoms with Crippen LogP contribution in [0.2, 0.25) is 0 Å². The first-order valence-electron chi connectivity index (χ1n) is 7.13. The van der Waals surface area contributed by atoms with Crippen molar-refractivity contribution in [2.24, 2.45) is 0 Å². The lowest BCUT2D eigenvalue weighted by Crippen LogP contribution is -2.30. The summed E-state index contributed by atoms with van der Waals surface area (Å²) in [5.74, 6) is 0.952. The zero-order valence-electron chi connectivity index (χ0n) is 12.3. The highest BCUT2D eigenvalue weighted by molar-refractivity contribution is 5.74. The summed E-state index contributed by atoms with van der Waals surface area (Å²) in [4.78, 5) is 19.6. The molecule has 0 aliphatic rings. The number of aldehydes is 1. The maximum absolute atomic E-state index is 10.6. The van der Waals surface area contributed by atoms with E-state index in [2.05, 4.69) is 35.6 Å². The molecule has 0 amide bonds. The van der Waals surface area contributed by atoms with Crippen LogP contribution in [0.15, 0.2) is 18.3 Å². The van der Waals surface area contributed by atoms with Gasteiger partial charge in [-0.15, -0.1) is 0 Å². The van der Waals surface area contributed by atoms with Crippen LogP contribution in [0.5, 0.6) is 0 Å². The van der Waals surface area contributed by atoms with Gasteiger partial charge in [0.25, 0.3) is 0 Å².